The summed E-state index contributed by atoms with van der Waals surface area (Å²) in [4.78, 5) is 10.5. The van der Waals surface area contributed by atoms with Crippen LogP contribution >= 0.6 is 0 Å². The van der Waals surface area contributed by atoms with E-state index in [0.717, 1.165) is 24.0 Å². The minimum Gasteiger partial charge on any atom is -0.455 e. The summed E-state index contributed by atoms with van der Waals surface area (Å²) in [6.45, 7) is 5.52. The maximum absolute atomic E-state index is 11.9. The Hall–Kier alpha value is -1.26. The maximum atomic E-state index is 11.9. The number of carbonyl (C=O) groups excluding carboxylic acids is 1. The van der Waals surface area contributed by atoms with Gasteiger partial charge in [0.2, 0.25) is 0 Å². The van der Waals surface area contributed by atoms with Crippen molar-refractivity contribution in [3.05, 3.63) is 23.8 Å². The second kappa shape index (κ2) is 5.38. The Morgan fingerprint density at radius 2 is 2.24 bits per heavy atom. The first-order valence-electron chi connectivity index (χ1n) is 5.38. The molecule has 0 saturated heterocycles. The molecule has 0 N–H and O–H groups in total. The molecule has 0 amide bonds. The van der Waals surface area contributed by atoms with Crippen molar-refractivity contribution in [2.45, 2.75) is 32.4 Å². The number of carbonyl (C=O) groups is 1. The topological polar surface area (TPSA) is 26.3 Å². The van der Waals surface area contributed by atoms with Gasteiger partial charge < -0.3 is 4.74 Å². The van der Waals surface area contributed by atoms with Crippen LogP contribution in [0.4, 0.5) is 13.2 Å². The molecule has 0 saturated carbocycles. The summed E-state index contributed by atoms with van der Waals surface area (Å²) in [5, 5.41) is 0. The highest BCUT2D eigenvalue weighted by Gasteiger charge is 2.41. The predicted molar refractivity (Wildman–Crippen MR) is 57.3 cm³/mol. The molecule has 0 fully saturated rings. The third kappa shape index (κ3) is 4.24. The molecule has 1 atom stereocenters. The van der Waals surface area contributed by atoms with Gasteiger partial charge in [-0.2, -0.15) is 13.2 Å². The average Bonchev–Trinajstić information content (AvgIpc) is 2.25. The van der Waals surface area contributed by atoms with Crippen molar-refractivity contribution in [1.82, 2.24) is 0 Å². The van der Waals surface area contributed by atoms with E-state index < -0.39 is 12.1 Å². The summed E-state index contributed by atoms with van der Waals surface area (Å²) in [7, 11) is 0. The van der Waals surface area contributed by atoms with Gasteiger partial charge in [0.25, 0.3) is 0 Å². The van der Waals surface area contributed by atoms with Crippen LogP contribution in [0.25, 0.3) is 0 Å². The van der Waals surface area contributed by atoms with Crippen LogP contribution in [0, 0.1) is 5.92 Å². The third-order valence-electron chi connectivity index (χ3n) is 2.82. The standard InChI is InChI=1S/C12H15F3O2/c1-8(2)10-5-3-9(4-6-10)7-17-11(16)12(13,14)15/h3,10H,1,4-7H2,2H3. The molecule has 1 unspecified atom stereocenters. The number of allylic oxidation sites excluding steroid dienone is 2. The van der Waals surface area contributed by atoms with E-state index in [-0.39, 0.29) is 6.61 Å². The van der Waals surface area contributed by atoms with Gasteiger partial charge in [0.15, 0.2) is 0 Å². The molecule has 0 aromatic heterocycles. The number of ether oxygens (including phenoxy) is 1. The lowest BCUT2D eigenvalue weighted by Crippen LogP contribution is -2.26. The van der Waals surface area contributed by atoms with Crippen molar-refractivity contribution in [2.24, 2.45) is 5.92 Å². The highest BCUT2D eigenvalue weighted by Crippen LogP contribution is 2.28. The third-order valence-corrected chi connectivity index (χ3v) is 2.82. The first-order valence-corrected chi connectivity index (χ1v) is 5.38. The molecule has 0 aromatic carbocycles. The smallest absolute Gasteiger partial charge is 0.455 e. The van der Waals surface area contributed by atoms with Gasteiger partial charge in [-0.25, -0.2) is 4.79 Å². The Morgan fingerprint density at radius 3 is 2.65 bits per heavy atom. The largest absolute Gasteiger partial charge is 0.490 e. The average molecular weight is 248 g/mol. The van der Waals surface area contributed by atoms with Crippen molar-refractivity contribution in [2.75, 3.05) is 6.61 Å². The van der Waals surface area contributed by atoms with Crippen molar-refractivity contribution in [3.63, 3.8) is 0 Å². The van der Waals surface area contributed by atoms with Crippen LogP contribution in [0.3, 0.4) is 0 Å². The van der Waals surface area contributed by atoms with Crippen LogP contribution in [0.1, 0.15) is 26.2 Å². The molecule has 0 heterocycles. The Kier molecular flexibility index (Phi) is 4.37. The van der Waals surface area contributed by atoms with Crippen molar-refractivity contribution >= 4 is 5.97 Å². The zero-order chi connectivity index (χ0) is 13.1. The van der Waals surface area contributed by atoms with Gasteiger partial charge in [-0.1, -0.05) is 18.2 Å². The fourth-order valence-electron chi connectivity index (χ4n) is 1.71. The van der Waals surface area contributed by atoms with E-state index in [9.17, 15) is 18.0 Å². The molecule has 0 radical (unpaired) electrons. The van der Waals surface area contributed by atoms with Crippen molar-refractivity contribution < 1.29 is 22.7 Å². The number of esters is 1. The van der Waals surface area contributed by atoms with Gasteiger partial charge in [-0.05, 0) is 37.7 Å². The first kappa shape index (κ1) is 13.8. The molecule has 0 bridgehead atoms. The van der Waals surface area contributed by atoms with Crippen LogP contribution in [-0.4, -0.2) is 18.8 Å². The summed E-state index contributed by atoms with van der Waals surface area (Å²) in [5.41, 5.74) is 1.83. The molecule has 1 rings (SSSR count). The molecule has 17 heavy (non-hydrogen) atoms. The van der Waals surface area contributed by atoms with Crippen LogP contribution in [0.2, 0.25) is 0 Å². The fourth-order valence-corrected chi connectivity index (χ4v) is 1.71. The molecule has 96 valence electrons. The Labute approximate surface area is 98.1 Å². The molecular formula is C12H15F3O2. The van der Waals surface area contributed by atoms with E-state index >= 15 is 0 Å². The van der Waals surface area contributed by atoms with E-state index in [2.05, 4.69) is 11.3 Å². The second-order valence-corrected chi connectivity index (χ2v) is 4.25. The van der Waals surface area contributed by atoms with Crippen LogP contribution in [-0.2, 0) is 9.53 Å². The second-order valence-electron chi connectivity index (χ2n) is 4.25. The Balaban J connectivity index is 2.40. The zero-order valence-electron chi connectivity index (χ0n) is 9.64. The summed E-state index contributed by atoms with van der Waals surface area (Å²) in [6, 6.07) is 0. The summed E-state index contributed by atoms with van der Waals surface area (Å²) in [6.07, 6.45) is -0.802. The number of halogens is 3. The van der Waals surface area contributed by atoms with Gasteiger partial charge >= 0.3 is 12.1 Å². The SMILES string of the molecule is C=C(C)C1CC=C(COC(=O)C(F)(F)F)CC1. The monoisotopic (exact) mass is 248 g/mol. The Bertz CT molecular complexity index is 342. The molecule has 2 nitrogen and oxygen atoms in total. The lowest BCUT2D eigenvalue weighted by molar-refractivity contribution is -0.198. The molecule has 1 aliphatic carbocycles. The number of alkyl halides is 3. The zero-order valence-corrected chi connectivity index (χ0v) is 9.64. The van der Waals surface area contributed by atoms with Gasteiger partial charge in [0.05, 0.1) is 0 Å². The quantitative estimate of drug-likeness (QED) is 0.565. The van der Waals surface area contributed by atoms with E-state index in [4.69, 9.17) is 0 Å². The van der Waals surface area contributed by atoms with Gasteiger partial charge in [-0.15, -0.1) is 0 Å². The van der Waals surface area contributed by atoms with E-state index in [1.807, 2.05) is 13.0 Å². The molecule has 0 spiro atoms. The molecule has 5 heteroatoms. The van der Waals surface area contributed by atoms with Gasteiger partial charge in [0.1, 0.15) is 6.61 Å². The number of hydrogen-bond acceptors (Lipinski definition) is 2. The minimum absolute atomic E-state index is 0.263. The Morgan fingerprint density at radius 1 is 1.59 bits per heavy atom. The van der Waals surface area contributed by atoms with Crippen molar-refractivity contribution in [1.29, 1.82) is 0 Å². The highest BCUT2D eigenvalue weighted by atomic mass is 19.4. The van der Waals surface area contributed by atoms with Crippen LogP contribution in [0.5, 0.6) is 0 Å². The summed E-state index contributed by atoms with van der Waals surface area (Å²) in [5.74, 6) is -1.74. The van der Waals surface area contributed by atoms with E-state index in [1.165, 1.54) is 0 Å². The normalized spacial score (nSPS) is 20.7. The maximum Gasteiger partial charge on any atom is 0.490 e. The van der Waals surface area contributed by atoms with Gasteiger partial charge in [0, 0.05) is 0 Å². The number of rotatable bonds is 3. The highest BCUT2D eigenvalue weighted by molar-refractivity contribution is 5.75. The molecule has 0 aromatic rings. The predicted octanol–water partition coefficient (Wildman–Crippen LogP) is 3.39. The first-order chi connectivity index (χ1) is 7.80. The summed E-state index contributed by atoms with van der Waals surface area (Å²) >= 11 is 0. The van der Waals surface area contributed by atoms with Crippen molar-refractivity contribution in [3.8, 4) is 0 Å². The lowest BCUT2D eigenvalue weighted by atomic mass is 9.86. The van der Waals surface area contributed by atoms with Crippen LogP contribution in [0.15, 0.2) is 23.8 Å². The minimum atomic E-state index is -4.91. The van der Waals surface area contributed by atoms with E-state index in [1.54, 1.807) is 0 Å². The van der Waals surface area contributed by atoms with Gasteiger partial charge in [-0.3, -0.25) is 0 Å². The molecule has 0 aliphatic heterocycles. The van der Waals surface area contributed by atoms with E-state index in [0.29, 0.717) is 12.3 Å². The lowest BCUT2D eigenvalue weighted by Gasteiger charge is -2.22. The molecular weight excluding hydrogens is 233 g/mol. The molecule has 1 aliphatic rings. The van der Waals surface area contributed by atoms with Crippen LogP contribution < -0.4 is 0 Å². The fraction of sp³-hybridized carbons (Fsp3) is 0.583. The summed E-state index contributed by atoms with van der Waals surface area (Å²) < 4.78 is 39.8. The number of hydrogen-bond donors (Lipinski definition) is 0.